The van der Waals surface area contributed by atoms with Crippen molar-refractivity contribution in [2.75, 3.05) is 18.8 Å². The number of hydrogen-bond acceptors (Lipinski definition) is 2. The summed E-state index contributed by atoms with van der Waals surface area (Å²) in [5, 5.41) is 0. The van der Waals surface area contributed by atoms with Gasteiger partial charge < -0.3 is 0 Å². The monoisotopic (exact) mass is 161 g/mol. The summed E-state index contributed by atoms with van der Waals surface area (Å²) in [6, 6.07) is 0. The molecule has 0 aromatic carbocycles. The molecule has 0 N–H and O–H groups in total. The smallest absolute Gasteiger partial charge is 0.00891 e. The fraction of sp³-hybridized carbons (Fsp3) is 1.00. The molecule has 1 nitrogen and oxygen atoms in total. The minimum Gasteiger partial charge on any atom is -0.251 e. The predicted molar refractivity (Wildman–Crippen MR) is 50.3 cm³/mol. The Morgan fingerprint density at radius 1 is 1.20 bits per heavy atom. The first kappa shape index (κ1) is 10.3. The molecule has 0 radical (unpaired) electrons. The highest BCUT2D eigenvalue weighted by atomic mass is 32.2. The molecule has 0 saturated carbocycles. The molecule has 0 heterocycles. The lowest BCUT2D eigenvalue weighted by Gasteiger charge is -2.17. The molecule has 0 unspecified atom stereocenters. The summed E-state index contributed by atoms with van der Waals surface area (Å²) < 4.78 is 2.43. The summed E-state index contributed by atoms with van der Waals surface area (Å²) in [7, 11) is 0. The minimum atomic E-state index is 1.18. The van der Waals surface area contributed by atoms with Gasteiger partial charge in [-0.25, -0.2) is 0 Å². The molecule has 0 aliphatic carbocycles. The Morgan fingerprint density at radius 2 is 1.90 bits per heavy atom. The highest BCUT2D eigenvalue weighted by molar-refractivity contribution is 7.96. The van der Waals surface area contributed by atoms with Gasteiger partial charge in [-0.2, -0.15) is 0 Å². The van der Waals surface area contributed by atoms with Crippen LogP contribution in [0.2, 0.25) is 0 Å². The van der Waals surface area contributed by atoms with Gasteiger partial charge in [-0.15, -0.1) is 0 Å². The second-order valence-corrected chi connectivity index (χ2v) is 3.64. The first-order chi connectivity index (χ1) is 4.85. The minimum absolute atomic E-state index is 1.18. The zero-order valence-electron chi connectivity index (χ0n) is 7.39. The quantitative estimate of drug-likeness (QED) is 0.551. The Morgan fingerprint density at radius 3 is 2.30 bits per heavy atom. The molecule has 0 bridgehead atoms. The van der Waals surface area contributed by atoms with Crippen LogP contribution in [0, 0.1) is 0 Å². The summed E-state index contributed by atoms with van der Waals surface area (Å²) in [5.74, 6) is 1.21. The summed E-state index contributed by atoms with van der Waals surface area (Å²) in [6.07, 6.45) is 2.64. The molecule has 0 spiro atoms. The normalized spacial score (nSPS) is 10.8. The summed E-state index contributed by atoms with van der Waals surface area (Å²) in [4.78, 5) is 0. The van der Waals surface area contributed by atoms with Gasteiger partial charge in [0.25, 0.3) is 0 Å². The van der Waals surface area contributed by atoms with Gasteiger partial charge in [0.2, 0.25) is 0 Å². The van der Waals surface area contributed by atoms with Crippen LogP contribution in [0.3, 0.4) is 0 Å². The van der Waals surface area contributed by atoms with E-state index in [4.69, 9.17) is 0 Å². The molecule has 0 aliphatic rings. The molecule has 0 amide bonds. The van der Waals surface area contributed by atoms with Crippen LogP contribution < -0.4 is 0 Å². The summed E-state index contributed by atoms with van der Waals surface area (Å²) in [5.41, 5.74) is 0. The first-order valence-electron chi connectivity index (χ1n) is 4.23. The third-order valence-corrected chi connectivity index (χ3v) is 2.49. The third-order valence-electron chi connectivity index (χ3n) is 1.43. The molecule has 0 saturated heterocycles. The van der Waals surface area contributed by atoms with Gasteiger partial charge in [0.05, 0.1) is 0 Å². The van der Waals surface area contributed by atoms with Crippen LogP contribution in [0.5, 0.6) is 0 Å². The van der Waals surface area contributed by atoms with E-state index in [1.54, 1.807) is 0 Å². The molecule has 0 aromatic rings. The van der Waals surface area contributed by atoms with E-state index in [9.17, 15) is 0 Å². The molecular weight excluding hydrogens is 142 g/mol. The lowest BCUT2D eigenvalue weighted by atomic mass is 10.3. The van der Waals surface area contributed by atoms with Gasteiger partial charge in [-0.3, -0.25) is 4.31 Å². The summed E-state index contributed by atoms with van der Waals surface area (Å²) >= 11 is 1.95. The van der Waals surface area contributed by atoms with Crippen LogP contribution in [0.25, 0.3) is 0 Å². The first-order valence-corrected chi connectivity index (χ1v) is 5.17. The van der Waals surface area contributed by atoms with Crippen LogP contribution in [-0.2, 0) is 0 Å². The maximum absolute atomic E-state index is 2.43. The van der Waals surface area contributed by atoms with Gasteiger partial charge in [-0.05, 0) is 6.42 Å². The van der Waals surface area contributed by atoms with E-state index in [1.807, 2.05) is 11.9 Å². The molecular formula is C8H19NS. The fourth-order valence-corrected chi connectivity index (χ4v) is 1.64. The van der Waals surface area contributed by atoms with Gasteiger partial charge >= 0.3 is 0 Å². The zero-order valence-corrected chi connectivity index (χ0v) is 8.21. The van der Waals surface area contributed by atoms with Crippen LogP contribution >= 0.6 is 11.9 Å². The van der Waals surface area contributed by atoms with Crippen molar-refractivity contribution < 1.29 is 0 Å². The standard InChI is InChI=1S/C8H19NS/c1-4-7-8-9(5-2)10-6-3/h4-8H2,1-3H3. The maximum atomic E-state index is 2.43. The second-order valence-electron chi connectivity index (χ2n) is 2.29. The van der Waals surface area contributed by atoms with E-state index in [2.05, 4.69) is 25.1 Å². The highest BCUT2D eigenvalue weighted by Crippen LogP contribution is 2.09. The Balaban J connectivity index is 3.21. The molecule has 62 valence electrons. The van der Waals surface area contributed by atoms with Gasteiger partial charge in [0, 0.05) is 18.8 Å². The Kier molecular flexibility index (Phi) is 7.65. The van der Waals surface area contributed by atoms with Crippen molar-refractivity contribution in [1.29, 1.82) is 0 Å². The average molecular weight is 161 g/mol. The highest BCUT2D eigenvalue weighted by Gasteiger charge is 1.98. The molecule has 2 heteroatoms. The lowest BCUT2D eigenvalue weighted by Crippen LogP contribution is -2.16. The van der Waals surface area contributed by atoms with Gasteiger partial charge in [-0.1, -0.05) is 39.1 Å². The zero-order chi connectivity index (χ0) is 7.82. The lowest BCUT2D eigenvalue weighted by molar-refractivity contribution is 0.479. The van der Waals surface area contributed by atoms with Crippen molar-refractivity contribution in [3.05, 3.63) is 0 Å². The largest absolute Gasteiger partial charge is 0.251 e. The molecule has 0 aliphatic heterocycles. The number of hydrogen-bond donors (Lipinski definition) is 0. The number of nitrogens with zero attached hydrogens (tertiary/aromatic N) is 1. The second kappa shape index (κ2) is 7.42. The fourth-order valence-electron chi connectivity index (χ4n) is 0.831. The van der Waals surface area contributed by atoms with E-state index < -0.39 is 0 Å². The average Bonchev–Trinajstić information content (AvgIpc) is 1.98. The molecule has 0 fully saturated rings. The predicted octanol–water partition coefficient (Wildman–Crippen LogP) is 2.78. The van der Waals surface area contributed by atoms with Crippen LogP contribution in [-0.4, -0.2) is 23.1 Å². The van der Waals surface area contributed by atoms with Crippen molar-refractivity contribution in [1.82, 2.24) is 4.31 Å². The van der Waals surface area contributed by atoms with Crippen molar-refractivity contribution in [2.45, 2.75) is 33.6 Å². The number of rotatable bonds is 6. The van der Waals surface area contributed by atoms with E-state index in [0.717, 1.165) is 0 Å². The third kappa shape index (κ3) is 5.12. The Hall–Kier alpha value is 0.310. The van der Waals surface area contributed by atoms with Crippen LogP contribution in [0.4, 0.5) is 0 Å². The molecule has 0 atom stereocenters. The van der Waals surface area contributed by atoms with Crippen LogP contribution in [0.1, 0.15) is 33.6 Å². The van der Waals surface area contributed by atoms with Crippen molar-refractivity contribution in [3.8, 4) is 0 Å². The molecule has 10 heavy (non-hydrogen) atoms. The topological polar surface area (TPSA) is 3.24 Å². The Labute approximate surface area is 69.3 Å². The van der Waals surface area contributed by atoms with Crippen LogP contribution in [0.15, 0.2) is 0 Å². The van der Waals surface area contributed by atoms with Crippen molar-refractivity contribution >= 4 is 11.9 Å². The molecule has 0 aromatic heterocycles. The van der Waals surface area contributed by atoms with E-state index in [0.29, 0.717) is 0 Å². The SMILES string of the molecule is CCCCN(CC)SCC. The number of unbranched alkanes of at least 4 members (excludes halogenated alkanes) is 1. The van der Waals surface area contributed by atoms with Crippen molar-refractivity contribution in [3.63, 3.8) is 0 Å². The van der Waals surface area contributed by atoms with E-state index >= 15 is 0 Å². The Bertz CT molecular complexity index is 66.3. The summed E-state index contributed by atoms with van der Waals surface area (Å²) in [6.45, 7) is 9.10. The van der Waals surface area contributed by atoms with Gasteiger partial charge in [0.15, 0.2) is 0 Å². The van der Waals surface area contributed by atoms with Gasteiger partial charge in [0.1, 0.15) is 0 Å². The molecule has 0 rings (SSSR count). The van der Waals surface area contributed by atoms with Crippen molar-refractivity contribution in [2.24, 2.45) is 0 Å². The van der Waals surface area contributed by atoms with E-state index in [1.165, 1.54) is 31.7 Å². The maximum Gasteiger partial charge on any atom is 0.00891 e. The van der Waals surface area contributed by atoms with E-state index in [-0.39, 0.29) is 0 Å².